The molecule has 2 N–H and O–H groups in total. The monoisotopic (exact) mass is 148 g/mol. The van der Waals surface area contributed by atoms with Gasteiger partial charge < -0.3 is 15.0 Å². The molecule has 0 atom stereocenters. The van der Waals surface area contributed by atoms with E-state index in [0.29, 0.717) is 0 Å². The van der Waals surface area contributed by atoms with Crippen LogP contribution in [0.2, 0.25) is 0 Å². The number of unbranched alkanes of at least 4 members (excludes halogenated alkanes) is 3. The summed E-state index contributed by atoms with van der Waals surface area (Å²) in [6, 6.07) is 0. The third-order valence-corrected chi connectivity index (χ3v) is 1.07. The van der Waals surface area contributed by atoms with Gasteiger partial charge >= 0.3 is 0 Å². The van der Waals surface area contributed by atoms with Crippen LogP contribution in [0.1, 0.15) is 25.7 Å². The van der Waals surface area contributed by atoms with Crippen molar-refractivity contribution >= 4 is 6.79 Å². The van der Waals surface area contributed by atoms with E-state index in [1.807, 2.05) is 6.79 Å². The minimum atomic E-state index is 0.283. The second kappa shape index (κ2) is 15.8. The molecular weight excluding hydrogens is 132 g/mol. The van der Waals surface area contributed by atoms with E-state index in [0.717, 1.165) is 25.7 Å². The third kappa shape index (κ3) is 15.6. The summed E-state index contributed by atoms with van der Waals surface area (Å²) in [6.45, 7) is 2.57. The van der Waals surface area contributed by atoms with Crippen LogP contribution < -0.4 is 0 Å². The maximum absolute atomic E-state index is 8.30. The highest BCUT2D eigenvalue weighted by Crippen LogP contribution is 1.96. The number of rotatable bonds is 5. The number of aliphatic hydroxyl groups is 2. The Balaban J connectivity index is 0. The Hall–Kier alpha value is -0.410. The second-order valence-corrected chi connectivity index (χ2v) is 1.86. The lowest BCUT2D eigenvalue weighted by molar-refractivity contribution is -0.0979. The summed E-state index contributed by atoms with van der Waals surface area (Å²) >= 11 is 0. The van der Waals surface area contributed by atoms with Crippen molar-refractivity contribution in [3.05, 3.63) is 0 Å². The Bertz CT molecular complexity index is 42.1. The molecular formula is C7H16O3. The highest BCUT2D eigenvalue weighted by molar-refractivity contribution is 5.10. The van der Waals surface area contributed by atoms with Crippen LogP contribution in [0, 0.1) is 0 Å². The first-order valence-electron chi connectivity index (χ1n) is 3.42. The molecule has 0 heterocycles. The number of hydrogen-bond acceptors (Lipinski definition) is 3. The Labute approximate surface area is 61.7 Å². The predicted octanol–water partition coefficient (Wildman–Crippen LogP) is 0.347. The third-order valence-electron chi connectivity index (χ3n) is 1.07. The van der Waals surface area contributed by atoms with Gasteiger partial charge in [-0.1, -0.05) is 12.8 Å². The molecule has 3 heteroatoms. The highest BCUT2D eigenvalue weighted by Gasteiger charge is 1.84. The minimum Gasteiger partial charge on any atom is -0.396 e. The van der Waals surface area contributed by atoms with E-state index in [1.165, 1.54) is 0 Å². The molecule has 0 saturated carbocycles. The largest absolute Gasteiger partial charge is 0.396 e. The van der Waals surface area contributed by atoms with Crippen molar-refractivity contribution in [1.29, 1.82) is 0 Å². The van der Waals surface area contributed by atoms with Crippen molar-refractivity contribution in [3.63, 3.8) is 0 Å². The maximum Gasteiger partial charge on any atom is 0.106 e. The summed E-state index contributed by atoms with van der Waals surface area (Å²) < 4.78 is 0. The number of aliphatic hydroxyl groups excluding tert-OH is 2. The molecule has 0 bridgehead atoms. The smallest absolute Gasteiger partial charge is 0.106 e. The fourth-order valence-electron chi connectivity index (χ4n) is 0.577. The fourth-order valence-corrected chi connectivity index (χ4v) is 0.577. The van der Waals surface area contributed by atoms with Crippen LogP contribution in [0.4, 0.5) is 0 Å². The van der Waals surface area contributed by atoms with Gasteiger partial charge in [-0.15, -0.1) is 0 Å². The normalized spacial score (nSPS) is 8.20. The van der Waals surface area contributed by atoms with Crippen LogP contribution in [0.15, 0.2) is 0 Å². The molecule has 0 aliphatic heterocycles. The first-order valence-corrected chi connectivity index (χ1v) is 3.42. The zero-order valence-electron chi connectivity index (χ0n) is 6.25. The van der Waals surface area contributed by atoms with Gasteiger partial charge in [0.25, 0.3) is 0 Å². The van der Waals surface area contributed by atoms with Crippen molar-refractivity contribution < 1.29 is 15.0 Å². The summed E-state index contributed by atoms with van der Waals surface area (Å²) in [5, 5.41) is 16.6. The molecule has 0 aliphatic rings. The number of hydrogen-bond donors (Lipinski definition) is 2. The van der Waals surface area contributed by atoms with Gasteiger partial charge in [-0.3, -0.25) is 0 Å². The average Bonchev–Trinajstić information content (AvgIpc) is 2.02. The lowest BCUT2D eigenvalue weighted by Crippen LogP contribution is -1.85. The summed E-state index contributed by atoms with van der Waals surface area (Å²) in [6.07, 6.45) is 3.83. The second-order valence-electron chi connectivity index (χ2n) is 1.86. The molecule has 0 rings (SSSR count). The fraction of sp³-hybridized carbons (Fsp3) is 0.857. The predicted molar refractivity (Wildman–Crippen MR) is 39.8 cm³/mol. The molecule has 62 valence electrons. The van der Waals surface area contributed by atoms with Gasteiger partial charge in [-0.25, -0.2) is 0 Å². The van der Waals surface area contributed by atoms with Crippen LogP contribution >= 0.6 is 0 Å². The molecule has 0 amide bonds. The Kier molecular flexibility index (Phi) is 19.5. The van der Waals surface area contributed by atoms with Crippen molar-refractivity contribution in [2.24, 2.45) is 0 Å². The van der Waals surface area contributed by atoms with E-state index >= 15 is 0 Å². The molecule has 0 aliphatic carbocycles. The minimum absolute atomic E-state index is 0.283. The topological polar surface area (TPSA) is 57.5 Å². The number of carbonyl (C=O) groups excluding carboxylic acids is 1. The SMILES string of the molecule is C=O.OCCCCCCO. The van der Waals surface area contributed by atoms with E-state index in [9.17, 15) is 0 Å². The van der Waals surface area contributed by atoms with Crippen LogP contribution in [-0.2, 0) is 4.79 Å². The van der Waals surface area contributed by atoms with Gasteiger partial charge in [-0.05, 0) is 12.8 Å². The molecule has 0 fully saturated rings. The molecule has 0 unspecified atom stereocenters. The van der Waals surface area contributed by atoms with Gasteiger partial charge in [0.1, 0.15) is 6.79 Å². The number of carbonyl (C=O) groups is 1. The van der Waals surface area contributed by atoms with Crippen LogP contribution in [0.5, 0.6) is 0 Å². The van der Waals surface area contributed by atoms with Crippen LogP contribution in [0.25, 0.3) is 0 Å². The molecule has 0 saturated heterocycles. The van der Waals surface area contributed by atoms with E-state index in [4.69, 9.17) is 15.0 Å². The van der Waals surface area contributed by atoms with Gasteiger partial charge in [0.2, 0.25) is 0 Å². The highest BCUT2D eigenvalue weighted by atomic mass is 16.3. The van der Waals surface area contributed by atoms with Gasteiger partial charge in [-0.2, -0.15) is 0 Å². The van der Waals surface area contributed by atoms with Crippen LogP contribution in [0.3, 0.4) is 0 Å². The molecule has 0 radical (unpaired) electrons. The Morgan fingerprint density at radius 3 is 1.30 bits per heavy atom. The van der Waals surface area contributed by atoms with Crippen molar-refractivity contribution in [3.8, 4) is 0 Å². The molecule has 0 aromatic heterocycles. The zero-order chi connectivity index (χ0) is 8.24. The van der Waals surface area contributed by atoms with E-state index < -0.39 is 0 Å². The van der Waals surface area contributed by atoms with E-state index in [-0.39, 0.29) is 13.2 Å². The standard InChI is InChI=1S/C6H14O2.CH2O/c7-5-3-1-2-4-6-8;1-2/h7-8H,1-6H2;1H2. The van der Waals surface area contributed by atoms with Crippen molar-refractivity contribution in [1.82, 2.24) is 0 Å². The van der Waals surface area contributed by atoms with Gasteiger partial charge in [0.05, 0.1) is 0 Å². The summed E-state index contributed by atoms with van der Waals surface area (Å²) in [4.78, 5) is 8.00. The van der Waals surface area contributed by atoms with E-state index in [2.05, 4.69) is 0 Å². The van der Waals surface area contributed by atoms with E-state index in [1.54, 1.807) is 0 Å². The first kappa shape index (κ1) is 12.3. The van der Waals surface area contributed by atoms with Crippen LogP contribution in [-0.4, -0.2) is 30.2 Å². The Morgan fingerprint density at radius 1 is 0.800 bits per heavy atom. The molecule has 0 aromatic carbocycles. The molecule has 3 nitrogen and oxygen atoms in total. The lowest BCUT2D eigenvalue weighted by atomic mass is 10.2. The summed E-state index contributed by atoms with van der Waals surface area (Å²) in [5.41, 5.74) is 0. The van der Waals surface area contributed by atoms with Crippen molar-refractivity contribution in [2.45, 2.75) is 25.7 Å². The van der Waals surface area contributed by atoms with Crippen molar-refractivity contribution in [2.75, 3.05) is 13.2 Å². The lowest BCUT2D eigenvalue weighted by Gasteiger charge is -1.93. The zero-order valence-corrected chi connectivity index (χ0v) is 6.25. The maximum atomic E-state index is 8.30. The average molecular weight is 148 g/mol. The van der Waals surface area contributed by atoms with Gasteiger partial charge in [0, 0.05) is 13.2 Å². The summed E-state index contributed by atoms with van der Waals surface area (Å²) in [7, 11) is 0. The Morgan fingerprint density at radius 2 is 1.10 bits per heavy atom. The first-order chi connectivity index (χ1) is 4.91. The molecule has 10 heavy (non-hydrogen) atoms. The quantitative estimate of drug-likeness (QED) is 0.553. The summed E-state index contributed by atoms with van der Waals surface area (Å²) in [5.74, 6) is 0. The molecule has 0 aromatic rings. The van der Waals surface area contributed by atoms with Gasteiger partial charge in [0.15, 0.2) is 0 Å². The molecule has 0 spiro atoms.